The highest BCUT2D eigenvalue weighted by Gasteiger charge is 2.07. The maximum atomic E-state index is 11.1. The van der Waals surface area contributed by atoms with Crippen LogP contribution in [0.4, 0.5) is 0 Å². The molecule has 0 spiro atoms. The van der Waals surface area contributed by atoms with Crippen molar-refractivity contribution in [2.75, 3.05) is 12.8 Å². The molecule has 0 amide bonds. The van der Waals surface area contributed by atoms with Gasteiger partial charge in [0.1, 0.15) is 0 Å². The standard InChI is InChI=1S/C18H39O2P/c1-3-4-5-6-7-8-9-10-11-12-13-14-15-16-17-18-21(2,19)20/h3-18H2,1-2H3,(H,19,20). The zero-order chi connectivity index (χ0) is 15.8. The van der Waals surface area contributed by atoms with Gasteiger partial charge in [0.05, 0.1) is 0 Å². The zero-order valence-corrected chi connectivity index (χ0v) is 15.5. The highest BCUT2D eigenvalue weighted by molar-refractivity contribution is 7.57. The zero-order valence-electron chi connectivity index (χ0n) is 14.6. The maximum absolute atomic E-state index is 11.1. The van der Waals surface area contributed by atoms with E-state index in [1.54, 1.807) is 0 Å². The summed E-state index contributed by atoms with van der Waals surface area (Å²) in [5, 5.41) is 0. The van der Waals surface area contributed by atoms with Crippen LogP contribution in [0, 0.1) is 0 Å². The van der Waals surface area contributed by atoms with Crippen molar-refractivity contribution in [1.29, 1.82) is 0 Å². The normalized spacial score (nSPS) is 14.2. The average molecular weight is 318 g/mol. The molecule has 0 heterocycles. The van der Waals surface area contributed by atoms with Crippen molar-refractivity contribution >= 4 is 7.37 Å². The molecule has 0 bridgehead atoms. The minimum absolute atomic E-state index is 0.505. The first-order chi connectivity index (χ1) is 10.1. The Bertz CT molecular complexity index is 248. The highest BCUT2D eigenvalue weighted by atomic mass is 31.2. The van der Waals surface area contributed by atoms with Crippen LogP contribution in [0.2, 0.25) is 0 Å². The summed E-state index contributed by atoms with van der Waals surface area (Å²) in [7, 11) is -2.75. The van der Waals surface area contributed by atoms with Crippen LogP contribution in [-0.2, 0) is 4.57 Å². The van der Waals surface area contributed by atoms with Gasteiger partial charge in [-0.25, -0.2) is 0 Å². The van der Waals surface area contributed by atoms with Gasteiger partial charge in [-0.05, 0) is 6.42 Å². The minimum Gasteiger partial charge on any atom is -0.344 e. The first-order valence-corrected chi connectivity index (χ1v) is 11.6. The molecule has 0 aromatic heterocycles. The lowest BCUT2D eigenvalue weighted by Gasteiger charge is -2.05. The van der Waals surface area contributed by atoms with E-state index in [0.29, 0.717) is 6.16 Å². The fraction of sp³-hybridized carbons (Fsp3) is 1.00. The summed E-state index contributed by atoms with van der Waals surface area (Å²) in [6.07, 6.45) is 20.5. The molecule has 2 nitrogen and oxygen atoms in total. The van der Waals surface area contributed by atoms with Crippen molar-refractivity contribution in [3.8, 4) is 0 Å². The van der Waals surface area contributed by atoms with Crippen molar-refractivity contribution in [1.82, 2.24) is 0 Å². The summed E-state index contributed by atoms with van der Waals surface area (Å²) in [4.78, 5) is 9.18. The molecule has 128 valence electrons. The Morgan fingerprint density at radius 1 is 0.619 bits per heavy atom. The molecule has 0 aromatic carbocycles. The smallest absolute Gasteiger partial charge is 0.197 e. The first kappa shape index (κ1) is 21.2. The van der Waals surface area contributed by atoms with Crippen LogP contribution in [0.5, 0.6) is 0 Å². The van der Waals surface area contributed by atoms with E-state index < -0.39 is 7.37 Å². The third-order valence-electron chi connectivity index (χ3n) is 4.18. The molecular weight excluding hydrogens is 279 g/mol. The van der Waals surface area contributed by atoms with E-state index in [0.717, 1.165) is 12.8 Å². The Hall–Kier alpha value is 0.190. The van der Waals surface area contributed by atoms with E-state index in [1.807, 2.05) is 0 Å². The lowest BCUT2D eigenvalue weighted by atomic mass is 10.0. The second-order valence-electron chi connectivity index (χ2n) is 6.72. The molecule has 0 aliphatic heterocycles. The molecule has 0 aromatic rings. The molecule has 0 saturated carbocycles. The molecular formula is C18H39O2P. The van der Waals surface area contributed by atoms with Crippen LogP contribution in [0.3, 0.4) is 0 Å². The van der Waals surface area contributed by atoms with E-state index in [2.05, 4.69) is 6.92 Å². The summed E-state index contributed by atoms with van der Waals surface area (Å²) in [5.74, 6) is 0. The fourth-order valence-corrected chi connectivity index (χ4v) is 3.59. The average Bonchev–Trinajstić information content (AvgIpc) is 2.42. The van der Waals surface area contributed by atoms with Crippen molar-refractivity contribution < 1.29 is 9.46 Å². The van der Waals surface area contributed by atoms with Gasteiger partial charge in [-0.1, -0.05) is 96.8 Å². The van der Waals surface area contributed by atoms with Crippen molar-refractivity contribution in [3.63, 3.8) is 0 Å². The molecule has 0 aliphatic carbocycles. The van der Waals surface area contributed by atoms with Crippen LogP contribution in [-0.4, -0.2) is 17.7 Å². The second kappa shape index (κ2) is 15.1. The van der Waals surface area contributed by atoms with E-state index >= 15 is 0 Å². The van der Waals surface area contributed by atoms with Gasteiger partial charge in [-0.15, -0.1) is 0 Å². The van der Waals surface area contributed by atoms with Gasteiger partial charge < -0.3 is 4.89 Å². The molecule has 0 aliphatic rings. The van der Waals surface area contributed by atoms with Crippen molar-refractivity contribution in [2.45, 2.75) is 103 Å². The molecule has 3 heteroatoms. The van der Waals surface area contributed by atoms with Gasteiger partial charge >= 0.3 is 0 Å². The van der Waals surface area contributed by atoms with Gasteiger partial charge in [0.25, 0.3) is 0 Å². The predicted molar refractivity (Wildman–Crippen MR) is 95.5 cm³/mol. The Labute approximate surface area is 133 Å². The van der Waals surface area contributed by atoms with Crippen molar-refractivity contribution in [3.05, 3.63) is 0 Å². The molecule has 0 rings (SSSR count). The summed E-state index contributed by atoms with van der Waals surface area (Å²) in [6.45, 7) is 3.74. The highest BCUT2D eigenvalue weighted by Crippen LogP contribution is 2.36. The molecule has 21 heavy (non-hydrogen) atoms. The largest absolute Gasteiger partial charge is 0.344 e. The number of hydrogen-bond acceptors (Lipinski definition) is 1. The summed E-state index contributed by atoms with van der Waals surface area (Å²) in [5.41, 5.74) is 0. The van der Waals surface area contributed by atoms with Gasteiger partial charge in [-0.2, -0.15) is 0 Å². The van der Waals surface area contributed by atoms with E-state index in [-0.39, 0.29) is 0 Å². The molecule has 1 unspecified atom stereocenters. The maximum Gasteiger partial charge on any atom is 0.197 e. The molecule has 0 radical (unpaired) electrons. The summed E-state index contributed by atoms with van der Waals surface area (Å²) < 4.78 is 11.1. The fourth-order valence-electron chi connectivity index (χ4n) is 2.78. The molecule has 0 saturated heterocycles. The van der Waals surface area contributed by atoms with Crippen molar-refractivity contribution in [2.24, 2.45) is 0 Å². The Morgan fingerprint density at radius 3 is 1.19 bits per heavy atom. The number of rotatable bonds is 16. The van der Waals surface area contributed by atoms with Gasteiger partial charge in [-0.3, -0.25) is 4.57 Å². The lowest BCUT2D eigenvalue weighted by Crippen LogP contribution is -1.88. The first-order valence-electron chi connectivity index (χ1n) is 9.35. The van der Waals surface area contributed by atoms with E-state index in [9.17, 15) is 9.46 Å². The number of unbranched alkanes of at least 4 members (excludes halogenated alkanes) is 14. The van der Waals surface area contributed by atoms with Crippen LogP contribution in [0.1, 0.15) is 103 Å². The Kier molecular flexibility index (Phi) is 15.2. The summed E-state index contributed by atoms with van der Waals surface area (Å²) >= 11 is 0. The Balaban J connectivity index is 3.01. The van der Waals surface area contributed by atoms with E-state index in [4.69, 9.17) is 0 Å². The quantitative estimate of drug-likeness (QED) is 0.252. The monoisotopic (exact) mass is 318 g/mol. The summed E-state index contributed by atoms with van der Waals surface area (Å²) in [6, 6.07) is 0. The van der Waals surface area contributed by atoms with Crippen LogP contribution >= 0.6 is 7.37 Å². The predicted octanol–water partition coefficient (Wildman–Crippen LogP) is 6.76. The van der Waals surface area contributed by atoms with Crippen LogP contribution in [0.25, 0.3) is 0 Å². The SMILES string of the molecule is CCCCCCCCCCCCCCCCCP(C)(=O)O. The van der Waals surface area contributed by atoms with E-state index in [1.165, 1.54) is 90.1 Å². The molecule has 1 atom stereocenters. The third kappa shape index (κ3) is 20.2. The van der Waals surface area contributed by atoms with Gasteiger partial charge in [0, 0.05) is 12.8 Å². The van der Waals surface area contributed by atoms with Gasteiger partial charge in [0.15, 0.2) is 7.37 Å². The Morgan fingerprint density at radius 2 is 0.905 bits per heavy atom. The second-order valence-corrected chi connectivity index (χ2v) is 9.27. The van der Waals surface area contributed by atoms with Gasteiger partial charge in [0.2, 0.25) is 0 Å². The lowest BCUT2D eigenvalue weighted by molar-refractivity contribution is 0.480. The van der Waals surface area contributed by atoms with Crippen LogP contribution in [0.15, 0.2) is 0 Å². The molecule has 1 N–H and O–H groups in total. The van der Waals surface area contributed by atoms with Crippen LogP contribution < -0.4 is 0 Å². The number of hydrogen-bond donors (Lipinski definition) is 1. The topological polar surface area (TPSA) is 37.3 Å². The minimum atomic E-state index is -2.75. The third-order valence-corrected chi connectivity index (χ3v) is 5.32. The molecule has 0 fully saturated rings.